The van der Waals surface area contributed by atoms with Crippen LogP contribution in [0.25, 0.3) is 0 Å². The Balaban J connectivity index is 1.89. The summed E-state index contributed by atoms with van der Waals surface area (Å²) in [5, 5.41) is 21.8. The van der Waals surface area contributed by atoms with Crippen molar-refractivity contribution in [1.29, 1.82) is 0 Å². The van der Waals surface area contributed by atoms with Crippen LogP contribution >= 0.6 is 12.2 Å². The highest BCUT2D eigenvalue weighted by atomic mass is 32.1. The fourth-order valence-electron chi connectivity index (χ4n) is 2.38. The lowest BCUT2D eigenvalue weighted by Crippen LogP contribution is -2.92. The van der Waals surface area contributed by atoms with Crippen LogP contribution in [0, 0.1) is 0 Å². The average Bonchev–Trinajstić information content (AvgIpc) is 3.17. The van der Waals surface area contributed by atoms with Crippen molar-refractivity contribution in [1.82, 2.24) is 5.32 Å². The van der Waals surface area contributed by atoms with Gasteiger partial charge >= 0.3 is 0 Å². The number of nitrogens with one attached hydrogen (secondary N) is 3. The second-order valence-electron chi connectivity index (χ2n) is 5.90. The summed E-state index contributed by atoms with van der Waals surface area (Å²) in [6.45, 7) is 4.43. The standard InChI is InChI=1S/C19H22N4O4S/c1-2-8-20-19(28)23-14-6-3-5-13(10-14)22-17(24)11-16(18(25)26)21-12-15-7-4-9-27-15/h2-7,9-10,16,21H,1,8,11-12H2,(H,22,24)(H,25,26)(H2,20,23,28)/t16-/m0/s1. The van der Waals surface area contributed by atoms with Gasteiger partial charge in [0.2, 0.25) is 5.91 Å². The average molecular weight is 402 g/mol. The van der Waals surface area contributed by atoms with E-state index >= 15 is 0 Å². The van der Waals surface area contributed by atoms with Gasteiger partial charge in [-0.2, -0.15) is 0 Å². The van der Waals surface area contributed by atoms with E-state index in [2.05, 4.69) is 22.5 Å². The summed E-state index contributed by atoms with van der Waals surface area (Å²) in [6.07, 6.45) is 2.95. The first-order valence-electron chi connectivity index (χ1n) is 8.60. The number of rotatable bonds is 10. The number of carboxylic acid groups (broad SMARTS) is 1. The van der Waals surface area contributed by atoms with Gasteiger partial charge in [-0.25, -0.2) is 0 Å². The fraction of sp³-hybridized carbons (Fsp3) is 0.211. The number of thiocarbonyl (C=S) groups is 1. The third-order valence-corrected chi connectivity index (χ3v) is 3.95. The number of furan rings is 1. The summed E-state index contributed by atoms with van der Waals surface area (Å²) in [6, 6.07) is 9.34. The van der Waals surface area contributed by atoms with Gasteiger partial charge in [0.1, 0.15) is 12.6 Å². The molecular formula is C19H22N4O4S. The molecule has 1 aromatic heterocycles. The third kappa shape index (κ3) is 7.22. The highest BCUT2D eigenvalue weighted by molar-refractivity contribution is 7.80. The highest BCUT2D eigenvalue weighted by Gasteiger charge is 2.19. The fourth-order valence-corrected chi connectivity index (χ4v) is 2.58. The molecule has 0 aliphatic heterocycles. The molecule has 1 aromatic carbocycles. The SMILES string of the molecule is C=CCNC(=S)Nc1cccc(NC(=O)C[C@H]([NH2+]Cc2ccco2)C(=O)[O-])c1. The van der Waals surface area contributed by atoms with E-state index in [1.807, 2.05) is 0 Å². The van der Waals surface area contributed by atoms with Crippen molar-refractivity contribution in [3.05, 3.63) is 61.1 Å². The Labute approximate surface area is 168 Å². The van der Waals surface area contributed by atoms with Crippen LogP contribution in [0.3, 0.4) is 0 Å². The lowest BCUT2D eigenvalue weighted by atomic mass is 10.2. The molecule has 1 heterocycles. The first kappa shape index (κ1) is 21.1. The Hall–Kier alpha value is -3.17. The van der Waals surface area contributed by atoms with Crippen LogP contribution in [0.2, 0.25) is 0 Å². The predicted octanol–water partition coefficient (Wildman–Crippen LogP) is -0.0373. The van der Waals surface area contributed by atoms with E-state index in [0.29, 0.717) is 35.3 Å². The molecule has 148 valence electrons. The van der Waals surface area contributed by atoms with Gasteiger partial charge in [0.05, 0.1) is 18.7 Å². The van der Waals surface area contributed by atoms with Crippen LogP contribution in [0.5, 0.6) is 0 Å². The van der Waals surface area contributed by atoms with Gasteiger partial charge < -0.3 is 35.6 Å². The maximum absolute atomic E-state index is 12.2. The number of quaternary nitrogens is 1. The summed E-state index contributed by atoms with van der Waals surface area (Å²) in [5.74, 6) is -1.13. The number of carbonyl (C=O) groups excluding carboxylic acids is 2. The number of amides is 1. The largest absolute Gasteiger partial charge is 0.544 e. The Kier molecular flexibility index (Phi) is 8.19. The second kappa shape index (κ2) is 10.9. The van der Waals surface area contributed by atoms with Gasteiger partial charge in [0.15, 0.2) is 10.9 Å². The molecule has 0 aliphatic rings. The summed E-state index contributed by atoms with van der Waals surface area (Å²) >= 11 is 5.14. The molecule has 2 rings (SSSR count). The monoisotopic (exact) mass is 402 g/mol. The van der Waals surface area contributed by atoms with Crippen LogP contribution in [0.4, 0.5) is 11.4 Å². The number of anilines is 2. The Bertz CT molecular complexity index is 823. The molecule has 2 aromatic rings. The van der Waals surface area contributed by atoms with Gasteiger partial charge in [-0.15, -0.1) is 6.58 Å². The van der Waals surface area contributed by atoms with Crippen molar-refractivity contribution in [2.75, 3.05) is 17.2 Å². The zero-order valence-electron chi connectivity index (χ0n) is 15.1. The van der Waals surface area contributed by atoms with Crippen molar-refractivity contribution < 1.29 is 24.4 Å². The van der Waals surface area contributed by atoms with Gasteiger partial charge in [-0.05, 0) is 42.5 Å². The van der Waals surface area contributed by atoms with E-state index in [0.717, 1.165) is 0 Å². The minimum absolute atomic E-state index is 0.236. The molecule has 0 saturated heterocycles. The number of carboxylic acids is 1. The van der Waals surface area contributed by atoms with Crippen LogP contribution in [0.15, 0.2) is 59.7 Å². The Morgan fingerprint density at radius 3 is 2.64 bits per heavy atom. The maximum Gasteiger partial charge on any atom is 0.230 e. The minimum Gasteiger partial charge on any atom is -0.544 e. The van der Waals surface area contributed by atoms with E-state index in [1.165, 1.54) is 11.6 Å². The van der Waals surface area contributed by atoms with Gasteiger partial charge in [0.25, 0.3) is 0 Å². The number of benzene rings is 1. The van der Waals surface area contributed by atoms with Gasteiger partial charge in [-0.3, -0.25) is 4.79 Å². The predicted molar refractivity (Wildman–Crippen MR) is 107 cm³/mol. The number of hydrogen-bond acceptors (Lipinski definition) is 5. The molecule has 1 amide bonds. The smallest absolute Gasteiger partial charge is 0.230 e. The van der Waals surface area contributed by atoms with E-state index < -0.39 is 17.9 Å². The molecule has 9 heteroatoms. The maximum atomic E-state index is 12.2. The topological polar surface area (TPSA) is 123 Å². The molecule has 28 heavy (non-hydrogen) atoms. The molecule has 5 N–H and O–H groups in total. The van der Waals surface area contributed by atoms with E-state index in [-0.39, 0.29) is 6.42 Å². The van der Waals surface area contributed by atoms with Crippen molar-refractivity contribution >= 4 is 40.6 Å². The molecule has 0 radical (unpaired) electrons. The number of carbonyl (C=O) groups is 2. The van der Waals surface area contributed by atoms with Gasteiger partial charge in [-0.1, -0.05) is 12.1 Å². The molecule has 0 spiro atoms. The molecule has 0 bridgehead atoms. The van der Waals surface area contributed by atoms with Crippen molar-refractivity contribution in [2.24, 2.45) is 0 Å². The lowest BCUT2D eigenvalue weighted by Gasteiger charge is -2.16. The highest BCUT2D eigenvalue weighted by Crippen LogP contribution is 2.15. The quantitative estimate of drug-likeness (QED) is 0.325. The van der Waals surface area contributed by atoms with E-state index in [4.69, 9.17) is 16.6 Å². The molecule has 0 saturated carbocycles. The van der Waals surface area contributed by atoms with Crippen molar-refractivity contribution in [3.8, 4) is 0 Å². The summed E-state index contributed by atoms with van der Waals surface area (Å²) in [7, 11) is 0. The van der Waals surface area contributed by atoms with Gasteiger partial charge in [0, 0.05) is 17.9 Å². The van der Waals surface area contributed by atoms with Crippen molar-refractivity contribution in [3.63, 3.8) is 0 Å². The lowest BCUT2D eigenvalue weighted by molar-refractivity contribution is -0.698. The number of nitrogens with two attached hydrogens (primary N) is 1. The molecule has 1 atom stereocenters. The number of hydrogen-bond donors (Lipinski definition) is 4. The van der Waals surface area contributed by atoms with Crippen LogP contribution in [0.1, 0.15) is 12.2 Å². The normalized spacial score (nSPS) is 11.3. The zero-order chi connectivity index (χ0) is 20.4. The Morgan fingerprint density at radius 2 is 2.00 bits per heavy atom. The first-order chi connectivity index (χ1) is 13.5. The summed E-state index contributed by atoms with van der Waals surface area (Å²) in [5.41, 5.74) is 1.20. The molecule has 8 nitrogen and oxygen atoms in total. The molecule has 0 aliphatic carbocycles. The third-order valence-electron chi connectivity index (χ3n) is 3.70. The second-order valence-corrected chi connectivity index (χ2v) is 6.31. The van der Waals surface area contributed by atoms with E-state index in [1.54, 1.807) is 42.5 Å². The van der Waals surface area contributed by atoms with Crippen molar-refractivity contribution in [2.45, 2.75) is 19.0 Å². The molecule has 0 fully saturated rings. The molecule has 0 unspecified atom stereocenters. The summed E-state index contributed by atoms with van der Waals surface area (Å²) in [4.78, 5) is 23.6. The van der Waals surface area contributed by atoms with Crippen LogP contribution in [-0.2, 0) is 16.1 Å². The minimum atomic E-state index is -1.31. The Morgan fingerprint density at radius 1 is 1.25 bits per heavy atom. The van der Waals surface area contributed by atoms with E-state index in [9.17, 15) is 14.7 Å². The number of aliphatic carboxylic acids is 1. The first-order valence-corrected chi connectivity index (χ1v) is 9.01. The van der Waals surface area contributed by atoms with Crippen LogP contribution in [-0.4, -0.2) is 29.6 Å². The molecular weight excluding hydrogens is 380 g/mol. The zero-order valence-corrected chi connectivity index (χ0v) is 16.0. The van der Waals surface area contributed by atoms with Crippen LogP contribution < -0.4 is 26.4 Å². The summed E-state index contributed by atoms with van der Waals surface area (Å²) < 4.78 is 5.16.